The lowest BCUT2D eigenvalue weighted by molar-refractivity contribution is 0.420. The van der Waals surface area contributed by atoms with E-state index in [0.717, 1.165) is 6.42 Å². The van der Waals surface area contributed by atoms with E-state index in [1.807, 2.05) is 0 Å². The van der Waals surface area contributed by atoms with Crippen molar-refractivity contribution < 1.29 is 0 Å². The Hall–Kier alpha value is -1.02. The predicted molar refractivity (Wildman–Crippen MR) is 99.3 cm³/mol. The summed E-state index contributed by atoms with van der Waals surface area (Å²) in [5, 5.41) is 0. The van der Waals surface area contributed by atoms with E-state index in [1.54, 1.807) is 0 Å². The molecule has 0 saturated carbocycles. The molecule has 0 unspecified atom stereocenters. The highest BCUT2D eigenvalue weighted by Crippen LogP contribution is 2.31. The molecule has 118 valence electrons. The van der Waals surface area contributed by atoms with E-state index in [2.05, 4.69) is 88.7 Å². The monoisotopic (exact) mass is 303 g/mol. The van der Waals surface area contributed by atoms with Crippen molar-refractivity contribution >= 4 is 13.9 Å². The van der Waals surface area contributed by atoms with E-state index in [9.17, 15) is 0 Å². The van der Waals surface area contributed by atoms with Crippen LogP contribution in [-0.2, 0) is 0 Å². The molecule has 1 aromatic rings. The predicted octanol–water partition coefficient (Wildman–Crippen LogP) is 6.45. The van der Waals surface area contributed by atoms with E-state index < -0.39 is 8.24 Å². The lowest BCUT2D eigenvalue weighted by atomic mass is 9.92. The molecular weight excluding hydrogens is 270 g/mol. The molecule has 2 heteroatoms. The molecule has 0 spiro atoms. The molecule has 0 bridgehead atoms. The molecule has 0 aliphatic rings. The van der Waals surface area contributed by atoms with Crippen molar-refractivity contribution in [3.8, 4) is 0 Å². The number of benzene rings is 1. The zero-order valence-electron chi connectivity index (χ0n) is 14.8. The minimum Gasteiger partial charge on any atom is -0.375 e. The zero-order valence-corrected chi connectivity index (χ0v) is 15.8. The van der Waals surface area contributed by atoms with Gasteiger partial charge in [0.05, 0.1) is 0 Å². The number of nitrogens with zero attached hydrogens (tertiary/aromatic N) is 1. The summed E-state index contributed by atoms with van der Waals surface area (Å²) in [7, 11) is -1.44. The molecule has 0 atom stereocenters. The van der Waals surface area contributed by atoms with Gasteiger partial charge in [0.2, 0.25) is 0 Å². The Bertz CT molecular complexity index is 418. The van der Waals surface area contributed by atoms with Gasteiger partial charge in [-0.15, -0.1) is 0 Å². The molecule has 1 rings (SSSR count). The van der Waals surface area contributed by atoms with Crippen LogP contribution in [0.15, 0.2) is 42.6 Å². The van der Waals surface area contributed by atoms with Gasteiger partial charge in [0.1, 0.15) is 0 Å². The molecule has 0 aliphatic carbocycles. The maximum Gasteiger partial charge on any atom is 0.161 e. The number of rotatable bonds is 7. The molecule has 0 aliphatic heterocycles. The summed E-state index contributed by atoms with van der Waals surface area (Å²) in [5.41, 5.74) is 1.72. The number of hydrogen-bond donors (Lipinski definition) is 0. The van der Waals surface area contributed by atoms with E-state index in [4.69, 9.17) is 0 Å². The van der Waals surface area contributed by atoms with E-state index >= 15 is 0 Å². The quantitative estimate of drug-likeness (QED) is 0.523. The van der Waals surface area contributed by atoms with Crippen molar-refractivity contribution in [2.75, 3.05) is 4.57 Å². The van der Waals surface area contributed by atoms with Crippen LogP contribution in [0.25, 0.3) is 0 Å². The van der Waals surface area contributed by atoms with Gasteiger partial charge in [-0.3, -0.25) is 0 Å². The second kappa shape index (κ2) is 7.84. The zero-order chi connectivity index (χ0) is 15.9. The Morgan fingerprint density at radius 1 is 0.952 bits per heavy atom. The van der Waals surface area contributed by atoms with Crippen LogP contribution < -0.4 is 4.57 Å². The van der Waals surface area contributed by atoms with Crippen molar-refractivity contribution in [1.29, 1.82) is 0 Å². The molecule has 21 heavy (non-hydrogen) atoms. The van der Waals surface area contributed by atoms with Crippen LogP contribution in [0.1, 0.15) is 48.0 Å². The second-order valence-corrected chi connectivity index (χ2v) is 12.2. The Balaban J connectivity index is 3.12. The van der Waals surface area contributed by atoms with Gasteiger partial charge in [0.15, 0.2) is 8.24 Å². The number of allylic oxidation sites excluding steroid dienone is 1. The second-order valence-electron chi connectivity index (χ2n) is 7.14. The average Bonchev–Trinajstić information content (AvgIpc) is 2.47. The highest BCUT2D eigenvalue weighted by molar-refractivity contribution is 6.83. The summed E-state index contributed by atoms with van der Waals surface area (Å²) in [5.74, 6) is 0. The van der Waals surface area contributed by atoms with Crippen LogP contribution in [0.3, 0.4) is 0 Å². The third-order valence-electron chi connectivity index (χ3n) is 4.50. The molecule has 0 saturated heterocycles. The summed E-state index contributed by atoms with van der Waals surface area (Å²) >= 11 is 0. The summed E-state index contributed by atoms with van der Waals surface area (Å²) in [6.07, 6.45) is 5.87. The van der Waals surface area contributed by atoms with E-state index in [-0.39, 0.29) is 0 Å². The first-order valence-corrected chi connectivity index (χ1v) is 11.0. The molecule has 0 N–H and O–H groups in total. The van der Waals surface area contributed by atoms with Gasteiger partial charge in [0.25, 0.3) is 0 Å². The minimum absolute atomic E-state index is 0.355. The summed E-state index contributed by atoms with van der Waals surface area (Å²) in [4.78, 5) is 0. The lowest BCUT2D eigenvalue weighted by Gasteiger charge is -2.40. The van der Waals surface area contributed by atoms with Gasteiger partial charge in [-0.25, -0.2) is 0 Å². The topological polar surface area (TPSA) is 3.24 Å². The molecule has 1 nitrogen and oxygen atoms in total. The summed E-state index contributed by atoms with van der Waals surface area (Å²) in [6.45, 7) is 14.0. The fourth-order valence-corrected chi connectivity index (χ4v) is 6.52. The fourth-order valence-electron chi connectivity index (χ4n) is 2.88. The maximum atomic E-state index is 2.64. The Morgan fingerprint density at radius 2 is 1.48 bits per heavy atom. The van der Waals surface area contributed by atoms with Gasteiger partial charge < -0.3 is 4.57 Å². The van der Waals surface area contributed by atoms with Crippen molar-refractivity contribution in [1.82, 2.24) is 0 Å². The number of anilines is 1. The normalized spacial score (nSPS) is 12.9. The average molecular weight is 304 g/mol. The lowest BCUT2D eigenvalue weighted by Crippen LogP contribution is -2.49. The van der Waals surface area contributed by atoms with Crippen LogP contribution >= 0.6 is 0 Å². The third kappa shape index (κ3) is 5.03. The number of hydrogen-bond acceptors (Lipinski definition) is 1. The first-order chi connectivity index (χ1) is 9.88. The molecule has 0 radical (unpaired) electrons. The van der Waals surface area contributed by atoms with Crippen molar-refractivity contribution in [3.05, 3.63) is 42.6 Å². The Kier molecular flexibility index (Phi) is 6.73. The Labute approximate surface area is 133 Å². The highest BCUT2D eigenvalue weighted by Gasteiger charge is 2.33. The van der Waals surface area contributed by atoms with Crippen LogP contribution in [0, 0.1) is 5.41 Å². The van der Waals surface area contributed by atoms with Crippen molar-refractivity contribution in [3.63, 3.8) is 0 Å². The van der Waals surface area contributed by atoms with Crippen LogP contribution in [-0.4, -0.2) is 8.24 Å². The highest BCUT2D eigenvalue weighted by atomic mass is 28.3. The SMILES string of the molecule is CC[Si](CC)(CC)N(/C=C\CC(C)(C)C)c1ccccc1. The van der Waals surface area contributed by atoms with Gasteiger partial charge in [0, 0.05) is 5.69 Å². The van der Waals surface area contributed by atoms with Crippen LogP contribution in [0.4, 0.5) is 5.69 Å². The van der Waals surface area contributed by atoms with Crippen LogP contribution in [0.5, 0.6) is 0 Å². The summed E-state index contributed by atoms with van der Waals surface area (Å²) in [6, 6.07) is 14.8. The molecule has 0 fully saturated rings. The first-order valence-electron chi connectivity index (χ1n) is 8.39. The third-order valence-corrected chi connectivity index (χ3v) is 9.88. The molecular formula is C19H33NSi. The maximum absolute atomic E-state index is 2.64. The minimum atomic E-state index is -1.44. The van der Waals surface area contributed by atoms with Crippen molar-refractivity contribution in [2.45, 2.75) is 66.1 Å². The smallest absolute Gasteiger partial charge is 0.161 e. The number of para-hydroxylation sites is 1. The van der Waals surface area contributed by atoms with Crippen LogP contribution in [0.2, 0.25) is 18.1 Å². The van der Waals surface area contributed by atoms with Gasteiger partial charge in [-0.05, 0) is 48.3 Å². The fraction of sp³-hybridized carbons (Fsp3) is 0.579. The van der Waals surface area contributed by atoms with Crippen molar-refractivity contribution in [2.24, 2.45) is 5.41 Å². The van der Waals surface area contributed by atoms with E-state index in [0.29, 0.717) is 5.41 Å². The first kappa shape index (κ1) is 18.0. The molecule has 0 amide bonds. The molecule has 1 aromatic carbocycles. The van der Waals surface area contributed by atoms with Gasteiger partial charge in [-0.2, -0.15) is 0 Å². The molecule has 0 heterocycles. The van der Waals surface area contributed by atoms with Gasteiger partial charge in [-0.1, -0.05) is 65.8 Å². The summed E-state index contributed by atoms with van der Waals surface area (Å²) < 4.78 is 2.64. The Morgan fingerprint density at radius 3 is 1.90 bits per heavy atom. The van der Waals surface area contributed by atoms with E-state index in [1.165, 1.54) is 23.8 Å². The standard InChI is InChI=1S/C19H33NSi/c1-7-21(8-2,9-3)20(17-13-16-19(4,5)6)18-14-11-10-12-15-18/h10-15,17H,7-9,16H2,1-6H3/b17-13-. The molecule has 0 aromatic heterocycles. The largest absolute Gasteiger partial charge is 0.375 e. The van der Waals surface area contributed by atoms with Gasteiger partial charge >= 0.3 is 0 Å².